The van der Waals surface area contributed by atoms with Crippen molar-refractivity contribution in [1.29, 1.82) is 0 Å². The third kappa shape index (κ3) is 4.43. The first kappa shape index (κ1) is 21.7. The molecule has 0 unspecified atom stereocenters. The number of aromatic nitrogens is 3. The largest absolute Gasteiger partial charge is 0.443 e. The minimum absolute atomic E-state index is 0.336. The molecule has 0 aliphatic rings. The summed E-state index contributed by atoms with van der Waals surface area (Å²) in [6.07, 6.45) is 1.10. The molecule has 2 heterocycles. The van der Waals surface area contributed by atoms with E-state index in [1.165, 1.54) is 11.0 Å². The van der Waals surface area contributed by atoms with E-state index in [1.807, 2.05) is 6.92 Å². The van der Waals surface area contributed by atoms with Crippen LogP contribution in [-0.2, 0) is 16.0 Å². The lowest BCUT2D eigenvalue weighted by Gasteiger charge is -2.26. The van der Waals surface area contributed by atoms with Crippen LogP contribution in [0, 0.1) is 5.82 Å². The second-order valence-corrected chi connectivity index (χ2v) is 7.79. The number of ether oxygens (including phenoxy) is 2. The smallest absolute Gasteiger partial charge is 0.417 e. The molecular formula is C22H27FN4O3. The van der Waals surface area contributed by atoms with Gasteiger partial charge in [-0.25, -0.2) is 19.1 Å². The molecule has 7 nitrogen and oxygen atoms in total. The Labute approximate surface area is 175 Å². The number of halogens is 1. The number of pyridine rings is 1. The monoisotopic (exact) mass is 414 g/mol. The van der Waals surface area contributed by atoms with Gasteiger partial charge in [0, 0.05) is 26.4 Å². The fourth-order valence-corrected chi connectivity index (χ4v) is 3.21. The van der Waals surface area contributed by atoms with Gasteiger partial charge in [-0.2, -0.15) is 0 Å². The molecule has 0 saturated carbocycles. The summed E-state index contributed by atoms with van der Waals surface area (Å²) in [4.78, 5) is 23.3. The molecular weight excluding hydrogens is 387 g/mol. The average molecular weight is 414 g/mol. The van der Waals surface area contributed by atoms with Gasteiger partial charge in [-0.1, -0.05) is 6.07 Å². The number of rotatable bonds is 6. The molecule has 2 aromatic heterocycles. The Kier molecular flexibility index (Phi) is 6.36. The molecule has 0 saturated heterocycles. The van der Waals surface area contributed by atoms with Crippen LogP contribution in [0.25, 0.3) is 22.3 Å². The molecule has 0 bridgehead atoms. The topological polar surface area (TPSA) is 69.5 Å². The highest BCUT2D eigenvalue weighted by atomic mass is 19.1. The molecule has 3 aromatic rings. The van der Waals surface area contributed by atoms with Crippen LogP contribution in [0.1, 0.15) is 27.7 Å². The molecule has 1 aromatic carbocycles. The zero-order chi connectivity index (χ0) is 21.9. The SMILES string of the molecule is CCN(C(=O)OC(C)(C)C)c1nc2ccc(F)c(-c3ccccn3)c2n1CCOC. The predicted octanol–water partition coefficient (Wildman–Crippen LogP) is 4.65. The Morgan fingerprint density at radius 2 is 2.00 bits per heavy atom. The van der Waals surface area contributed by atoms with Crippen molar-refractivity contribution in [2.24, 2.45) is 0 Å². The van der Waals surface area contributed by atoms with Gasteiger partial charge < -0.3 is 14.0 Å². The zero-order valence-corrected chi connectivity index (χ0v) is 18.0. The molecule has 0 aliphatic carbocycles. The summed E-state index contributed by atoms with van der Waals surface area (Å²) < 4.78 is 27.6. The number of methoxy groups -OCH3 is 1. The normalized spacial score (nSPS) is 11.7. The van der Waals surface area contributed by atoms with Gasteiger partial charge in [0.25, 0.3) is 0 Å². The molecule has 0 atom stereocenters. The zero-order valence-electron chi connectivity index (χ0n) is 18.0. The highest BCUT2D eigenvalue weighted by Gasteiger charge is 2.28. The number of nitrogens with zero attached hydrogens (tertiary/aromatic N) is 4. The Morgan fingerprint density at radius 1 is 1.23 bits per heavy atom. The number of imidazole rings is 1. The van der Waals surface area contributed by atoms with Crippen molar-refractivity contribution in [3.8, 4) is 11.3 Å². The van der Waals surface area contributed by atoms with Gasteiger partial charge in [0.05, 0.1) is 28.9 Å². The summed E-state index contributed by atoms with van der Waals surface area (Å²) >= 11 is 0. The van der Waals surface area contributed by atoms with E-state index in [2.05, 4.69) is 9.97 Å². The van der Waals surface area contributed by atoms with Crippen LogP contribution in [0.4, 0.5) is 15.1 Å². The van der Waals surface area contributed by atoms with Gasteiger partial charge in [0.2, 0.25) is 5.95 Å². The van der Waals surface area contributed by atoms with Gasteiger partial charge >= 0.3 is 6.09 Å². The summed E-state index contributed by atoms with van der Waals surface area (Å²) in [5.74, 6) is -0.0341. The molecule has 8 heteroatoms. The fraction of sp³-hybridized carbons (Fsp3) is 0.409. The van der Waals surface area contributed by atoms with Crippen molar-refractivity contribution in [2.75, 3.05) is 25.2 Å². The second-order valence-electron chi connectivity index (χ2n) is 7.79. The quantitative estimate of drug-likeness (QED) is 0.587. The number of carbonyl (C=O) groups excluding carboxylic acids is 1. The number of amides is 1. The maximum atomic E-state index is 15.0. The van der Waals surface area contributed by atoms with E-state index in [-0.39, 0.29) is 0 Å². The Hall–Kier alpha value is -3.00. The summed E-state index contributed by atoms with van der Waals surface area (Å²) in [7, 11) is 1.59. The molecule has 0 fully saturated rings. The van der Waals surface area contributed by atoms with Gasteiger partial charge in [-0.05, 0) is 52.0 Å². The molecule has 160 valence electrons. The highest BCUT2D eigenvalue weighted by molar-refractivity contribution is 5.96. The average Bonchev–Trinajstić information content (AvgIpc) is 3.04. The third-order valence-electron chi connectivity index (χ3n) is 4.45. The van der Waals surface area contributed by atoms with E-state index in [9.17, 15) is 9.18 Å². The first-order valence-corrected chi connectivity index (χ1v) is 9.86. The molecule has 0 N–H and O–H groups in total. The van der Waals surface area contributed by atoms with Crippen LogP contribution in [-0.4, -0.2) is 46.5 Å². The van der Waals surface area contributed by atoms with Crippen molar-refractivity contribution >= 4 is 23.1 Å². The molecule has 1 amide bonds. The van der Waals surface area contributed by atoms with Crippen molar-refractivity contribution in [1.82, 2.24) is 14.5 Å². The maximum Gasteiger partial charge on any atom is 0.417 e. The first-order valence-electron chi connectivity index (χ1n) is 9.86. The van der Waals surface area contributed by atoms with E-state index < -0.39 is 17.5 Å². The van der Waals surface area contributed by atoms with Crippen molar-refractivity contribution < 1.29 is 18.7 Å². The van der Waals surface area contributed by atoms with Crippen molar-refractivity contribution in [3.05, 3.63) is 42.3 Å². The van der Waals surface area contributed by atoms with Crippen LogP contribution < -0.4 is 4.90 Å². The lowest BCUT2D eigenvalue weighted by Crippen LogP contribution is -2.38. The van der Waals surface area contributed by atoms with Gasteiger partial charge in [0.15, 0.2) is 0 Å². The van der Waals surface area contributed by atoms with Crippen LogP contribution in [0.3, 0.4) is 0 Å². The van der Waals surface area contributed by atoms with E-state index >= 15 is 0 Å². The Balaban J connectivity index is 2.24. The Morgan fingerprint density at radius 3 is 2.60 bits per heavy atom. The number of benzene rings is 1. The second kappa shape index (κ2) is 8.79. The van der Waals surface area contributed by atoms with E-state index in [1.54, 1.807) is 62.9 Å². The summed E-state index contributed by atoms with van der Waals surface area (Å²) in [6, 6.07) is 8.30. The highest BCUT2D eigenvalue weighted by Crippen LogP contribution is 2.33. The van der Waals surface area contributed by atoms with Gasteiger partial charge in [0.1, 0.15) is 11.4 Å². The number of carbonyl (C=O) groups is 1. The summed E-state index contributed by atoms with van der Waals surface area (Å²) in [6.45, 7) is 8.34. The standard InChI is InChI=1S/C22H27FN4O3/c1-6-26(21(28)30-22(2,3)4)20-25-17-11-10-15(23)18(16-9-7-8-12-24-16)19(17)27(20)13-14-29-5/h7-12H,6,13-14H2,1-5H3. The van der Waals surface area contributed by atoms with Gasteiger partial charge in [-0.15, -0.1) is 0 Å². The van der Waals surface area contributed by atoms with E-state index in [0.717, 1.165) is 0 Å². The first-order chi connectivity index (χ1) is 14.3. The van der Waals surface area contributed by atoms with Crippen LogP contribution in [0.2, 0.25) is 0 Å². The third-order valence-corrected chi connectivity index (χ3v) is 4.45. The maximum absolute atomic E-state index is 15.0. The summed E-state index contributed by atoms with van der Waals surface area (Å²) in [5, 5.41) is 0. The van der Waals surface area contributed by atoms with Crippen molar-refractivity contribution in [2.45, 2.75) is 39.8 Å². The van der Waals surface area contributed by atoms with Crippen LogP contribution >= 0.6 is 0 Å². The van der Waals surface area contributed by atoms with E-state index in [4.69, 9.17) is 9.47 Å². The Bertz CT molecular complexity index is 1030. The molecule has 30 heavy (non-hydrogen) atoms. The minimum Gasteiger partial charge on any atom is -0.443 e. The van der Waals surface area contributed by atoms with Crippen molar-refractivity contribution in [3.63, 3.8) is 0 Å². The lowest BCUT2D eigenvalue weighted by atomic mass is 10.1. The number of hydrogen-bond donors (Lipinski definition) is 0. The predicted molar refractivity (Wildman–Crippen MR) is 114 cm³/mol. The minimum atomic E-state index is -0.654. The van der Waals surface area contributed by atoms with E-state index in [0.29, 0.717) is 47.9 Å². The molecule has 0 spiro atoms. The van der Waals surface area contributed by atoms with Gasteiger partial charge in [-0.3, -0.25) is 4.98 Å². The number of fused-ring (bicyclic) bond motifs is 1. The van der Waals surface area contributed by atoms with Crippen LogP contribution in [0.15, 0.2) is 36.5 Å². The molecule has 3 rings (SSSR count). The fourth-order valence-electron chi connectivity index (χ4n) is 3.21. The number of anilines is 1. The van der Waals surface area contributed by atoms with Crippen LogP contribution in [0.5, 0.6) is 0 Å². The molecule has 0 radical (unpaired) electrons. The lowest BCUT2D eigenvalue weighted by molar-refractivity contribution is 0.0578. The number of hydrogen-bond acceptors (Lipinski definition) is 5. The molecule has 0 aliphatic heterocycles. The summed E-state index contributed by atoms with van der Waals surface area (Å²) in [5.41, 5.74) is 1.29.